The highest BCUT2D eigenvalue weighted by atomic mass is 32.1. The Morgan fingerprint density at radius 3 is 2.89 bits per heavy atom. The van der Waals surface area contributed by atoms with Crippen LogP contribution in [0, 0.1) is 5.41 Å². The van der Waals surface area contributed by atoms with Gasteiger partial charge in [0.25, 0.3) is 0 Å². The lowest BCUT2D eigenvalue weighted by Gasteiger charge is -2.30. The summed E-state index contributed by atoms with van der Waals surface area (Å²) < 4.78 is 5.35. The van der Waals surface area contributed by atoms with Crippen molar-refractivity contribution in [3.63, 3.8) is 0 Å². The minimum Gasteiger partial charge on any atom is -0.497 e. The largest absolute Gasteiger partial charge is 0.497 e. The molecular weight excluding hydrogens is 368 g/mol. The van der Waals surface area contributed by atoms with Crippen LogP contribution in [0.2, 0.25) is 0 Å². The first-order chi connectivity index (χ1) is 13.6. The van der Waals surface area contributed by atoms with E-state index in [1.54, 1.807) is 18.4 Å². The minimum absolute atomic E-state index is 0.176. The van der Waals surface area contributed by atoms with Crippen molar-refractivity contribution in [3.05, 3.63) is 52.2 Å². The predicted octanol–water partition coefficient (Wildman–Crippen LogP) is 4.42. The number of thiophene rings is 1. The van der Waals surface area contributed by atoms with E-state index in [4.69, 9.17) is 4.74 Å². The Labute approximate surface area is 171 Å². The van der Waals surface area contributed by atoms with E-state index in [1.165, 1.54) is 18.4 Å². The summed E-state index contributed by atoms with van der Waals surface area (Å²) in [5, 5.41) is 7.74. The van der Waals surface area contributed by atoms with Gasteiger partial charge in [0.15, 0.2) is 0 Å². The highest BCUT2D eigenvalue weighted by molar-refractivity contribution is 7.07. The fraction of sp³-hybridized carbons (Fsp3) is 0.522. The lowest BCUT2D eigenvalue weighted by atomic mass is 9.93. The van der Waals surface area contributed by atoms with Crippen molar-refractivity contribution in [2.75, 3.05) is 20.2 Å². The first-order valence-corrected chi connectivity index (χ1v) is 11.2. The maximum atomic E-state index is 13.4. The number of carbonyl (C=O) groups is 1. The van der Waals surface area contributed by atoms with Crippen LogP contribution in [0.25, 0.3) is 0 Å². The van der Waals surface area contributed by atoms with Gasteiger partial charge in [-0.05, 0) is 83.8 Å². The number of amides is 1. The summed E-state index contributed by atoms with van der Waals surface area (Å²) in [5.74, 6) is 1.31. The second-order valence-electron chi connectivity index (χ2n) is 8.37. The Kier molecular flexibility index (Phi) is 5.74. The predicted molar refractivity (Wildman–Crippen MR) is 114 cm³/mol. The number of methoxy groups -OCH3 is 1. The van der Waals surface area contributed by atoms with Crippen LogP contribution in [-0.4, -0.2) is 37.0 Å². The lowest BCUT2D eigenvalue weighted by molar-refractivity contribution is -0.133. The van der Waals surface area contributed by atoms with Crippen LogP contribution in [0.3, 0.4) is 0 Å². The van der Waals surface area contributed by atoms with Crippen LogP contribution in [0.5, 0.6) is 5.75 Å². The number of piperidine rings is 1. The van der Waals surface area contributed by atoms with Crippen LogP contribution in [0.15, 0.2) is 41.1 Å². The molecule has 1 spiro atoms. The zero-order valence-electron chi connectivity index (χ0n) is 16.8. The number of benzene rings is 1. The second kappa shape index (κ2) is 8.26. The van der Waals surface area contributed by atoms with Crippen molar-refractivity contribution in [2.24, 2.45) is 5.41 Å². The lowest BCUT2D eigenvalue weighted by Crippen LogP contribution is -2.39. The van der Waals surface area contributed by atoms with Gasteiger partial charge in [0.05, 0.1) is 7.11 Å². The third-order valence-corrected chi connectivity index (χ3v) is 7.25. The van der Waals surface area contributed by atoms with Gasteiger partial charge in [0.1, 0.15) is 5.75 Å². The maximum Gasteiger partial charge on any atom is 0.223 e. The van der Waals surface area contributed by atoms with E-state index in [9.17, 15) is 4.79 Å². The van der Waals surface area contributed by atoms with Gasteiger partial charge >= 0.3 is 0 Å². The van der Waals surface area contributed by atoms with E-state index in [2.05, 4.69) is 40.0 Å². The molecule has 150 valence electrons. The third kappa shape index (κ3) is 4.11. The molecule has 2 unspecified atom stereocenters. The molecule has 1 aliphatic heterocycles. The summed E-state index contributed by atoms with van der Waals surface area (Å²) in [6.45, 7) is 5.05. The van der Waals surface area contributed by atoms with E-state index >= 15 is 0 Å². The van der Waals surface area contributed by atoms with Gasteiger partial charge in [-0.15, -0.1) is 0 Å². The van der Waals surface area contributed by atoms with Gasteiger partial charge in [0.2, 0.25) is 5.91 Å². The van der Waals surface area contributed by atoms with Crippen LogP contribution in [-0.2, 0) is 11.3 Å². The summed E-state index contributed by atoms with van der Waals surface area (Å²) in [7, 11) is 1.68. The molecule has 28 heavy (non-hydrogen) atoms. The Morgan fingerprint density at radius 2 is 2.18 bits per heavy atom. The van der Waals surface area contributed by atoms with Crippen molar-refractivity contribution in [2.45, 2.75) is 51.1 Å². The number of carbonyl (C=O) groups excluding carboxylic acids is 1. The van der Waals surface area contributed by atoms with Gasteiger partial charge in [-0.1, -0.05) is 19.1 Å². The first-order valence-electron chi connectivity index (χ1n) is 10.3. The summed E-state index contributed by atoms with van der Waals surface area (Å²) >= 11 is 1.71. The monoisotopic (exact) mass is 398 g/mol. The molecule has 2 aliphatic rings. The zero-order chi connectivity index (χ0) is 19.6. The third-order valence-electron chi connectivity index (χ3n) is 6.52. The normalized spacial score (nSPS) is 21.3. The van der Waals surface area contributed by atoms with Crippen LogP contribution in [0.1, 0.15) is 49.7 Å². The summed E-state index contributed by atoms with van der Waals surface area (Å²) in [6, 6.07) is 10.6. The van der Waals surface area contributed by atoms with E-state index in [0.717, 1.165) is 37.4 Å². The number of nitrogens with zero attached hydrogens (tertiary/aromatic N) is 1. The Morgan fingerprint density at radius 1 is 1.36 bits per heavy atom. The Bertz CT molecular complexity index is 799. The van der Waals surface area contributed by atoms with Gasteiger partial charge in [0, 0.05) is 19.0 Å². The zero-order valence-corrected chi connectivity index (χ0v) is 17.6. The molecule has 0 bridgehead atoms. The highest BCUT2D eigenvalue weighted by Gasteiger charge is 2.57. The summed E-state index contributed by atoms with van der Waals surface area (Å²) in [6.07, 6.45) is 4.09. The average molecular weight is 399 g/mol. The van der Waals surface area contributed by atoms with Crippen molar-refractivity contribution < 1.29 is 9.53 Å². The second-order valence-corrected chi connectivity index (χ2v) is 9.15. The molecule has 0 radical (unpaired) electrons. The van der Waals surface area contributed by atoms with Crippen molar-refractivity contribution in [3.8, 4) is 5.75 Å². The molecule has 1 aliphatic carbocycles. The van der Waals surface area contributed by atoms with Gasteiger partial charge in [-0.25, -0.2) is 0 Å². The Hall–Kier alpha value is -1.85. The molecule has 2 fully saturated rings. The molecule has 1 saturated heterocycles. The number of rotatable bonds is 7. The SMILES string of the molecule is COc1cccc(C(C)CC(=O)N(Cc2ccsc2)C2CC23CCNCC3)c1. The molecule has 2 heterocycles. The minimum atomic E-state index is 0.176. The van der Waals surface area contributed by atoms with Crippen LogP contribution in [0.4, 0.5) is 0 Å². The first kappa shape index (κ1) is 19.5. The Balaban J connectivity index is 1.48. The smallest absolute Gasteiger partial charge is 0.223 e. The number of hydrogen-bond acceptors (Lipinski definition) is 4. The number of nitrogens with one attached hydrogen (secondary N) is 1. The quantitative estimate of drug-likeness (QED) is 0.751. The summed E-state index contributed by atoms with van der Waals surface area (Å²) in [5.41, 5.74) is 2.77. The van der Waals surface area contributed by atoms with E-state index in [0.29, 0.717) is 17.9 Å². The standard InChI is InChI=1S/C23H30N2O2S/c1-17(19-4-3-5-20(13-19)27-2)12-22(26)25(15-18-6-11-28-16-18)21-14-23(21)7-9-24-10-8-23/h3-6,11,13,16-17,21,24H,7-10,12,14-15H2,1-2H3. The molecule has 5 heteroatoms. The molecule has 1 aromatic heterocycles. The maximum absolute atomic E-state index is 13.4. The van der Waals surface area contributed by atoms with Crippen LogP contribution >= 0.6 is 11.3 Å². The van der Waals surface area contributed by atoms with Crippen molar-refractivity contribution in [1.82, 2.24) is 10.2 Å². The van der Waals surface area contributed by atoms with Crippen molar-refractivity contribution >= 4 is 17.2 Å². The number of ether oxygens (including phenoxy) is 1. The molecule has 1 N–H and O–H groups in total. The topological polar surface area (TPSA) is 41.6 Å². The van der Waals surface area contributed by atoms with Gasteiger partial charge < -0.3 is 15.0 Å². The molecule has 4 nitrogen and oxygen atoms in total. The van der Waals surface area contributed by atoms with Gasteiger partial charge in [-0.3, -0.25) is 4.79 Å². The molecule has 1 aromatic carbocycles. The van der Waals surface area contributed by atoms with Crippen LogP contribution < -0.4 is 10.1 Å². The number of hydrogen-bond donors (Lipinski definition) is 1. The molecule has 2 aromatic rings. The molecule has 2 atom stereocenters. The summed E-state index contributed by atoms with van der Waals surface area (Å²) in [4.78, 5) is 15.6. The van der Waals surface area contributed by atoms with E-state index < -0.39 is 0 Å². The average Bonchev–Trinajstić information content (AvgIpc) is 3.14. The highest BCUT2D eigenvalue weighted by Crippen LogP contribution is 2.56. The fourth-order valence-corrected chi connectivity index (χ4v) is 5.29. The molecular formula is C23H30N2O2S. The molecule has 4 rings (SSSR count). The van der Waals surface area contributed by atoms with E-state index in [1.807, 2.05) is 18.2 Å². The molecule has 1 saturated carbocycles. The van der Waals surface area contributed by atoms with E-state index in [-0.39, 0.29) is 11.8 Å². The molecule has 1 amide bonds. The fourth-order valence-electron chi connectivity index (χ4n) is 4.63. The van der Waals surface area contributed by atoms with Crippen molar-refractivity contribution in [1.29, 1.82) is 0 Å². The van der Waals surface area contributed by atoms with Gasteiger partial charge in [-0.2, -0.15) is 11.3 Å².